The van der Waals surface area contributed by atoms with Crippen molar-refractivity contribution in [3.05, 3.63) is 42.0 Å². The number of anilines is 3. The van der Waals surface area contributed by atoms with Crippen molar-refractivity contribution in [2.24, 2.45) is 0 Å². The zero-order chi connectivity index (χ0) is 18.7. The standard InChI is InChI=1S/C18H19N5O3.CH4/c1-25-15-7-12-14(8-16(15)26-2)22-18(20)23-17(12)21-11-5-3-4-10(6-11)13(19)9-24;/h3-8,19,24H,9H2,1-2H3,(H3,20,21,22,23);1H4. The number of ether oxygens (including phenoxy) is 2. The highest BCUT2D eigenvalue weighted by molar-refractivity contribution is 6.00. The van der Waals surface area contributed by atoms with Crippen LogP contribution >= 0.6 is 0 Å². The zero-order valence-electron chi connectivity index (χ0n) is 14.4. The number of aliphatic hydroxyl groups excluding tert-OH is 1. The lowest BCUT2D eigenvalue weighted by atomic mass is 10.1. The first-order chi connectivity index (χ1) is 12.5. The lowest BCUT2D eigenvalue weighted by Gasteiger charge is -2.13. The van der Waals surface area contributed by atoms with Crippen LogP contribution in [0.1, 0.15) is 13.0 Å². The molecule has 0 amide bonds. The van der Waals surface area contributed by atoms with Crippen LogP contribution in [0.2, 0.25) is 0 Å². The third-order valence-electron chi connectivity index (χ3n) is 3.85. The maximum Gasteiger partial charge on any atom is 0.222 e. The predicted octanol–water partition coefficient (Wildman–Crippen LogP) is 2.97. The molecule has 0 radical (unpaired) electrons. The Kier molecular flexibility index (Phi) is 6.15. The molecule has 0 atom stereocenters. The number of aromatic nitrogens is 2. The molecule has 0 aliphatic carbocycles. The highest BCUT2D eigenvalue weighted by Crippen LogP contribution is 2.35. The molecule has 1 heterocycles. The first kappa shape index (κ1) is 19.9. The summed E-state index contributed by atoms with van der Waals surface area (Å²) in [7, 11) is 3.11. The summed E-state index contributed by atoms with van der Waals surface area (Å²) in [6.45, 7) is -0.330. The molecule has 0 fully saturated rings. The summed E-state index contributed by atoms with van der Waals surface area (Å²) in [6.07, 6.45) is 0. The molecule has 0 bridgehead atoms. The number of benzene rings is 2. The molecule has 8 heteroatoms. The van der Waals surface area contributed by atoms with Gasteiger partial charge in [-0.15, -0.1) is 0 Å². The topological polar surface area (TPSA) is 126 Å². The van der Waals surface area contributed by atoms with E-state index in [2.05, 4.69) is 15.3 Å². The van der Waals surface area contributed by atoms with E-state index in [9.17, 15) is 0 Å². The van der Waals surface area contributed by atoms with Gasteiger partial charge in [0.25, 0.3) is 0 Å². The second-order valence-electron chi connectivity index (χ2n) is 5.50. The van der Waals surface area contributed by atoms with E-state index in [-0.39, 0.29) is 25.7 Å². The van der Waals surface area contributed by atoms with E-state index in [4.69, 9.17) is 25.7 Å². The molecule has 5 N–H and O–H groups in total. The smallest absolute Gasteiger partial charge is 0.222 e. The number of aliphatic hydroxyl groups is 1. The Morgan fingerprint density at radius 1 is 1.15 bits per heavy atom. The number of methoxy groups -OCH3 is 2. The fourth-order valence-corrected chi connectivity index (χ4v) is 2.58. The first-order valence-electron chi connectivity index (χ1n) is 7.80. The molecule has 0 unspecified atom stereocenters. The lowest BCUT2D eigenvalue weighted by Crippen LogP contribution is -2.06. The van der Waals surface area contributed by atoms with Crippen molar-refractivity contribution in [1.82, 2.24) is 9.97 Å². The number of hydrogen-bond acceptors (Lipinski definition) is 8. The van der Waals surface area contributed by atoms with Crippen LogP contribution in [0.25, 0.3) is 10.9 Å². The summed E-state index contributed by atoms with van der Waals surface area (Å²) in [5, 5.41) is 20.8. The summed E-state index contributed by atoms with van der Waals surface area (Å²) in [5.41, 5.74) is 7.90. The summed E-state index contributed by atoms with van der Waals surface area (Å²) >= 11 is 0. The Morgan fingerprint density at radius 3 is 2.52 bits per heavy atom. The molecule has 3 rings (SSSR count). The van der Waals surface area contributed by atoms with E-state index in [1.165, 1.54) is 0 Å². The van der Waals surface area contributed by atoms with Crippen molar-refractivity contribution in [3.8, 4) is 11.5 Å². The quantitative estimate of drug-likeness (QED) is 0.492. The van der Waals surface area contributed by atoms with Gasteiger partial charge in [0.15, 0.2) is 11.5 Å². The third-order valence-corrected chi connectivity index (χ3v) is 3.85. The minimum absolute atomic E-state index is 0. The van der Waals surface area contributed by atoms with Crippen LogP contribution in [-0.2, 0) is 0 Å². The number of nitrogens with one attached hydrogen (secondary N) is 2. The molecule has 0 saturated heterocycles. The second kappa shape index (κ2) is 8.33. The number of rotatable bonds is 6. The van der Waals surface area contributed by atoms with E-state index >= 15 is 0 Å². The monoisotopic (exact) mass is 369 g/mol. The van der Waals surface area contributed by atoms with E-state index in [1.807, 2.05) is 6.07 Å². The van der Waals surface area contributed by atoms with Gasteiger partial charge in [-0.2, -0.15) is 4.98 Å². The normalized spacial score (nSPS) is 10.2. The molecule has 2 aromatic carbocycles. The number of fused-ring (bicyclic) bond motifs is 1. The third kappa shape index (κ3) is 4.06. The first-order valence-corrected chi connectivity index (χ1v) is 7.80. The van der Waals surface area contributed by atoms with Gasteiger partial charge in [0.05, 0.1) is 32.1 Å². The van der Waals surface area contributed by atoms with Gasteiger partial charge in [-0.05, 0) is 23.8 Å². The molecule has 0 saturated carbocycles. The average molecular weight is 369 g/mol. The van der Waals surface area contributed by atoms with E-state index in [1.54, 1.807) is 44.6 Å². The predicted molar refractivity (Wildman–Crippen MR) is 107 cm³/mol. The fraction of sp³-hybridized carbons (Fsp3) is 0.211. The van der Waals surface area contributed by atoms with Crippen molar-refractivity contribution in [2.75, 3.05) is 31.9 Å². The Labute approximate surface area is 157 Å². The van der Waals surface area contributed by atoms with E-state index < -0.39 is 0 Å². The Hall–Kier alpha value is -3.39. The van der Waals surface area contributed by atoms with Gasteiger partial charge in [0.1, 0.15) is 5.82 Å². The van der Waals surface area contributed by atoms with Crippen molar-refractivity contribution >= 4 is 34.1 Å². The highest BCUT2D eigenvalue weighted by atomic mass is 16.5. The average Bonchev–Trinajstić information content (AvgIpc) is 2.66. The van der Waals surface area contributed by atoms with Gasteiger partial charge < -0.3 is 31.0 Å². The number of nitrogen functional groups attached to an aromatic ring is 1. The Bertz CT molecular complexity index is 975. The fourth-order valence-electron chi connectivity index (χ4n) is 2.58. The maximum atomic E-state index is 9.15. The molecule has 8 nitrogen and oxygen atoms in total. The second-order valence-corrected chi connectivity index (χ2v) is 5.50. The van der Waals surface area contributed by atoms with Crippen LogP contribution in [-0.4, -0.2) is 41.6 Å². The molecule has 0 aliphatic rings. The highest BCUT2D eigenvalue weighted by Gasteiger charge is 2.13. The SMILES string of the molecule is C.COc1cc2nc(N)nc(Nc3cccc(C(=N)CO)c3)c2cc1OC. The van der Waals surface area contributed by atoms with Gasteiger partial charge in [-0.3, -0.25) is 0 Å². The summed E-state index contributed by atoms with van der Waals surface area (Å²) in [4.78, 5) is 8.52. The minimum atomic E-state index is -0.330. The van der Waals surface area contributed by atoms with Gasteiger partial charge in [-0.1, -0.05) is 19.6 Å². The maximum absolute atomic E-state index is 9.15. The molecule has 0 spiro atoms. The molecule has 27 heavy (non-hydrogen) atoms. The van der Waals surface area contributed by atoms with Gasteiger partial charge >= 0.3 is 0 Å². The van der Waals surface area contributed by atoms with Crippen molar-refractivity contribution in [2.45, 2.75) is 7.43 Å². The van der Waals surface area contributed by atoms with Crippen molar-refractivity contribution in [1.29, 1.82) is 5.41 Å². The molecule has 142 valence electrons. The van der Waals surface area contributed by atoms with Gasteiger partial charge in [0, 0.05) is 17.1 Å². The summed E-state index contributed by atoms with van der Waals surface area (Å²) in [6, 6.07) is 10.6. The number of nitrogens with zero attached hydrogens (tertiary/aromatic N) is 2. The Balaban J connectivity index is 0.00000261. The molecular formula is C19H23N5O3. The van der Waals surface area contributed by atoms with E-state index in [0.717, 1.165) is 0 Å². The summed E-state index contributed by atoms with van der Waals surface area (Å²) < 4.78 is 10.7. The van der Waals surface area contributed by atoms with Crippen LogP contribution in [0.15, 0.2) is 36.4 Å². The largest absolute Gasteiger partial charge is 0.493 e. The number of hydrogen-bond donors (Lipinski definition) is 4. The van der Waals surface area contributed by atoms with Crippen LogP contribution in [0.5, 0.6) is 11.5 Å². The van der Waals surface area contributed by atoms with Crippen LogP contribution in [0, 0.1) is 5.41 Å². The molecule has 0 aliphatic heterocycles. The van der Waals surface area contributed by atoms with E-state index in [0.29, 0.717) is 39.5 Å². The Morgan fingerprint density at radius 2 is 1.85 bits per heavy atom. The zero-order valence-corrected chi connectivity index (χ0v) is 14.4. The van der Waals surface area contributed by atoms with Crippen LogP contribution < -0.4 is 20.5 Å². The summed E-state index contributed by atoms with van der Waals surface area (Å²) in [5.74, 6) is 1.71. The van der Waals surface area contributed by atoms with Gasteiger partial charge in [0.2, 0.25) is 5.95 Å². The van der Waals surface area contributed by atoms with Crippen molar-refractivity contribution < 1.29 is 14.6 Å². The van der Waals surface area contributed by atoms with Crippen LogP contribution in [0.4, 0.5) is 17.5 Å². The van der Waals surface area contributed by atoms with Crippen LogP contribution in [0.3, 0.4) is 0 Å². The molecular weight excluding hydrogens is 346 g/mol. The number of nitrogens with two attached hydrogens (primary N) is 1. The molecule has 1 aromatic heterocycles. The van der Waals surface area contributed by atoms with Gasteiger partial charge in [-0.25, -0.2) is 4.98 Å². The van der Waals surface area contributed by atoms with Crippen molar-refractivity contribution in [3.63, 3.8) is 0 Å². The molecule has 3 aromatic rings. The lowest BCUT2D eigenvalue weighted by molar-refractivity contribution is 0.356. The minimum Gasteiger partial charge on any atom is -0.493 e.